The third kappa shape index (κ3) is 4.46. The number of nitrogens with two attached hydrogens (primary N) is 1. The van der Waals surface area contributed by atoms with Crippen LogP contribution in [0.2, 0.25) is 0 Å². The van der Waals surface area contributed by atoms with Gasteiger partial charge >= 0.3 is 29.6 Å². The largest absolute Gasteiger partial charge is 1.00 e. The minimum absolute atomic E-state index is 0. The second kappa shape index (κ2) is 8.20. The summed E-state index contributed by atoms with van der Waals surface area (Å²) in [5, 5.41) is 29.0. The summed E-state index contributed by atoms with van der Waals surface area (Å²) in [7, 11) is -4.98. The van der Waals surface area contributed by atoms with Gasteiger partial charge in [0.05, 0.1) is 15.5 Å². The van der Waals surface area contributed by atoms with Gasteiger partial charge in [-0.15, -0.1) is 5.11 Å². The fraction of sp³-hybridized carbons (Fsp3) is 0. The van der Waals surface area contributed by atoms with Gasteiger partial charge in [-0.2, -0.15) is 5.11 Å². The van der Waals surface area contributed by atoms with Crippen LogP contribution < -0.4 is 35.3 Å². The molecule has 0 bridgehead atoms. The molecule has 0 spiro atoms. The maximum absolute atomic E-state index is 11.6. The van der Waals surface area contributed by atoms with E-state index in [1.165, 1.54) is 42.5 Å². The van der Waals surface area contributed by atoms with E-state index in [4.69, 9.17) is 5.73 Å². The standard InChI is InChI=1S/C16H12N4O6S.Na/c17-10-1-6-13-9(7-10)8-14(27(24,25)26)15(16(13)21)19-18-11-2-4-12(5-3-11)20(22)23;/h1-8,21H,17H2,(H,24,25,26);/q;+1/p-1. The van der Waals surface area contributed by atoms with Gasteiger partial charge in [0.1, 0.15) is 15.8 Å². The van der Waals surface area contributed by atoms with Crippen LogP contribution in [0, 0.1) is 10.1 Å². The molecule has 0 saturated heterocycles. The topological polar surface area (TPSA) is 171 Å². The zero-order valence-corrected chi connectivity index (χ0v) is 17.3. The maximum Gasteiger partial charge on any atom is 1.00 e. The van der Waals surface area contributed by atoms with E-state index in [-0.39, 0.29) is 51.7 Å². The molecule has 0 heterocycles. The number of rotatable bonds is 4. The molecule has 0 aliphatic heterocycles. The van der Waals surface area contributed by atoms with Crippen LogP contribution in [0.3, 0.4) is 0 Å². The van der Waals surface area contributed by atoms with Crippen molar-refractivity contribution in [2.45, 2.75) is 4.90 Å². The fourth-order valence-electron chi connectivity index (χ4n) is 2.41. The molecule has 0 radical (unpaired) electrons. The minimum Gasteiger partial charge on any atom is -0.744 e. The van der Waals surface area contributed by atoms with E-state index in [0.29, 0.717) is 5.69 Å². The molecule has 12 heteroatoms. The van der Waals surface area contributed by atoms with Gasteiger partial charge in [0.2, 0.25) is 0 Å². The molecular formula is C16H11N4NaO6S. The number of phenols is 1. The number of nitro benzene ring substituents is 1. The number of azo groups is 1. The molecular weight excluding hydrogens is 399 g/mol. The van der Waals surface area contributed by atoms with Crippen molar-refractivity contribution in [3.05, 3.63) is 58.6 Å². The van der Waals surface area contributed by atoms with Gasteiger partial charge in [0.25, 0.3) is 5.69 Å². The quantitative estimate of drug-likeness (QED) is 0.156. The molecule has 0 fully saturated rings. The van der Waals surface area contributed by atoms with Crippen LogP contribution in [-0.4, -0.2) is 23.0 Å². The number of phenolic OH excluding ortho intramolecular Hbond substituents is 1. The SMILES string of the molecule is Nc1ccc2c(O)c(N=Nc3ccc([N+](=O)[O-])cc3)c(S(=O)(=O)[O-])cc2c1.[Na+]. The van der Waals surface area contributed by atoms with E-state index in [2.05, 4.69) is 10.2 Å². The smallest absolute Gasteiger partial charge is 0.744 e. The number of nitrogens with zero attached hydrogens (tertiary/aromatic N) is 3. The Morgan fingerprint density at radius 2 is 1.68 bits per heavy atom. The molecule has 28 heavy (non-hydrogen) atoms. The number of nitrogen functional groups attached to an aromatic ring is 1. The van der Waals surface area contributed by atoms with Crippen molar-refractivity contribution < 1.29 is 52.6 Å². The van der Waals surface area contributed by atoms with E-state index in [9.17, 15) is 28.2 Å². The summed E-state index contributed by atoms with van der Waals surface area (Å²) in [4.78, 5) is 9.29. The molecule has 138 valence electrons. The van der Waals surface area contributed by atoms with E-state index in [1.807, 2.05) is 0 Å². The zero-order chi connectivity index (χ0) is 19.8. The van der Waals surface area contributed by atoms with E-state index in [0.717, 1.165) is 6.07 Å². The number of benzene rings is 3. The van der Waals surface area contributed by atoms with Crippen LogP contribution in [0.15, 0.2) is 63.7 Å². The molecule has 0 aliphatic carbocycles. The van der Waals surface area contributed by atoms with Crippen molar-refractivity contribution in [2.75, 3.05) is 5.73 Å². The number of anilines is 1. The van der Waals surface area contributed by atoms with Crippen molar-refractivity contribution in [3.63, 3.8) is 0 Å². The molecule has 10 nitrogen and oxygen atoms in total. The second-order valence-electron chi connectivity index (χ2n) is 5.48. The monoisotopic (exact) mass is 410 g/mol. The van der Waals surface area contributed by atoms with Crippen LogP contribution in [0.5, 0.6) is 5.75 Å². The third-order valence-electron chi connectivity index (χ3n) is 3.67. The Labute approximate surface area is 180 Å². The summed E-state index contributed by atoms with van der Waals surface area (Å²) in [5.41, 5.74) is 5.42. The predicted molar refractivity (Wildman–Crippen MR) is 95.3 cm³/mol. The van der Waals surface area contributed by atoms with E-state index in [1.54, 1.807) is 0 Å². The number of non-ortho nitro benzene ring substituents is 1. The third-order valence-corrected chi connectivity index (χ3v) is 4.52. The Morgan fingerprint density at radius 3 is 2.25 bits per heavy atom. The van der Waals surface area contributed by atoms with Gasteiger partial charge < -0.3 is 15.4 Å². The Morgan fingerprint density at radius 1 is 1.04 bits per heavy atom. The first kappa shape index (κ1) is 21.7. The van der Waals surface area contributed by atoms with Crippen molar-refractivity contribution in [1.29, 1.82) is 0 Å². The second-order valence-corrected chi connectivity index (χ2v) is 6.83. The summed E-state index contributed by atoms with van der Waals surface area (Å²) >= 11 is 0. The zero-order valence-electron chi connectivity index (χ0n) is 14.4. The van der Waals surface area contributed by atoms with E-state index < -0.39 is 31.4 Å². The van der Waals surface area contributed by atoms with Crippen LogP contribution >= 0.6 is 0 Å². The van der Waals surface area contributed by atoms with Crippen molar-refractivity contribution >= 4 is 43.6 Å². The molecule has 0 amide bonds. The minimum atomic E-state index is -4.98. The van der Waals surface area contributed by atoms with E-state index >= 15 is 0 Å². The van der Waals surface area contributed by atoms with Crippen LogP contribution in [0.25, 0.3) is 10.8 Å². The molecule has 0 atom stereocenters. The number of aromatic hydroxyl groups is 1. The molecule has 3 rings (SSSR count). The number of fused-ring (bicyclic) bond motifs is 1. The van der Waals surface area contributed by atoms with Gasteiger partial charge in [-0.3, -0.25) is 10.1 Å². The van der Waals surface area contributed by atoms with Gasteiger partial charge in [-0.05, 0) is 41.8 Å². The van der Waals surface area contributed by atoms with Crippen LogP contribution in [-0.2, 0) is 10.1 Å². The fourth-order valence-corrected chi connectivity index (χ4v) is 3.05. The molecule has 3 N–H and O–H groups in total. The van der Waals surface area contributed by atoms with Crippen molar-refractivity contribution in [3.8, 4) is 5.75 Å². The summed E-state index contributed by atoms with van der Waals surface area (Å²) in [6.45, 7) is 0. The molecule has 0 saturated carbocycles. The number of hydrogen-bond donors (Lipinski definition) is 2. The molecule has 3 aromatic rings. The Kier molecular flexibility index (Phi) is 6.37. The Balaban J connectivity index is 0.00000280. The van der Waals surface area contributed by atoms with Crippen molar-refractivity contribution in [2.24, 2.45) is 10.2 Å². The summed E-state index contributed by atoms with van der Waals surface area (Å²) < 4.78 is 34.8. The van der Waals surface area contributed by atoms with Crippen LogP contribution in [0.1, 0.15) is 0 Å². The first-order valence-corrected chi connectivity index (χ1v) is 8.75. The van der Waals surface area contributed by atoms with Gasteiger partial charge in [0, 0.05) is 23.2 Å². The average molecular weight is 410 g/mol. The molecule has 0 aromatic heterocycles. The maximum atomic E-state index is 11.6. The normalized spacial score (nSPS) is 11.5. The summed E-state index contributed by atoms with van der Waals surface area (Å²) in [6, 6.07) is 10.3. The summed E-state index contributed by atoms with van der Waals surface area (Å²) in [5.74, 6) is -0.549. The predicted octanol–water partition coefficient (Wildman–Crippen LogP) is 0.359. The Bertz CT molecular complexity index is 1200. The average Bonchev–Trinajstić information content (AvgIpc) is 2.60. The summed E-state index contributed by atoms with van der Waals surface area (Å²) in [6.07, 6.45) is 0. The molecule has 3 aromatic carbocycles. The van der Waals surface area contributed by atoms with Gasteiger partial charge in [-0.25, -0.2) is 8.42 Å². The number of hydrogen-bond acceptors (Lipinski definition) is 9. The van der Waals surface area contributed by atoms with Gasteiger partial charge in [-0.1, -0.05) is 0 Å². The van der Waals surface area contributed by atoms with Crippen molar-refractivity contribution in [1.82, 2.24) is 0 Å². The van der Waals surface area contributed by atoms with Gasteiger partial charge in [0.15, 0.2) is 5.75 Å². The Hall–Kier alpha value is -2.57. The molecule has 0 unspecified atom stereocenters. The first-order chi connectivity index (χ1) is 12.7. The van der Waals surface area contributed by atoms with Crippen LogP contribution in [0.4, 0.5) is 22.7 Å². The first-order valence-electron chi connectivity index (χ1n) is 7.34. The number of nitro groups is 1. The molecule has 0 aliphatic rings.